The second kappa shape index (κ2) is 10.6. The van der Waals surface area contributed by atoms with Gasteiger partial charge in [-0.05, 0) is 36.4 Å². The maximum Gasteiger partial charge on any atom is 0.227 e. The van der Waals surface area contributed by atoms with E-state index in [1.807, 2.05) is 24.3 Å². The first-order valence-corrected chi connectivity index (χ1v) is 7.60. The van der Waals surface area contributed by atoms with Gasteiger partial charge in [0.25, 0.3) is 0 Å². The molecule has 1 amide bonds. The standard InChI is InChI=1S/C18H22N2O4.ClH/c1-22-15(12-19)11-18(21)20-13-7-9-14(10-8-13)24-17-6-4-3-5-16(17)23-2;/h3-10,15H,11-12,19H2,1-2H3,(H,20,21);1H. The van der Waals surface area contributed by atoms with Crippen LogP contribution >= 0.6 is 12.4 Å². The molecule has 1 unspecified atom stereocenters. The van der Waals surface area contributed by atoms with Crippen LogP contribution in [0.3, 0.4) is 0 Å². The predicted octanol–water partition coefficient (Wildman–Crippen LogP) is 3.21. The zero-order chi connectivity index (χ0) is 17.4. The number of rotatable bonds is 8. The monoisotopic (exact) mass is 366 g/mol. The molecule has 3 N–H and O–H groups in total. The van der Waals surface area contributed by atoms with Crippen molar-refractivity contribution in [2.24, 2.45) is 5.73 Å². The third kappa shape index (κ3) is 6.26. The lowest BCUT2D eigenvalue weighted by molar-refractivity contribution is -0.118. The molecule has 0 fully saturated rings. The van der Waals surface area contributed by atoms with Gasteiger partial charge in [0, 0.05) is 19.3 Å². The van der Waals surface area contributed by atoms with Gasteiger partial charge in [-0.1, -0.05) is 12.1 Å². The van der Waals surface area contributed by atoms with Crippen LogP contribution in [0.2, 0.25) is 0 Å². The van der Waals surface area contributed by atoms with E-state index in [4.69, 9.17) is 19.9 Å². The number of nitrogens with one attached hydrogen (secondary N) is 1. The molecule has 0 aromatic heterocycles. The number of para-hydroxylation sites is 2. The maximum atomic E-state index is 11.9. The van der Waals surface area contributed by atoms with Gasteiger partial charge in [0.15, 0.2) is 11.5 Å². The SMILES string of the molecule is COc1ccccc1Oc1ccc(NC(=O)CC(CN)OC)cc1.Cl. The van der Waals surface area contributed by atoms with Crippen LogP contribution in [-0.4, -0.2) is 32.8 Å². The topological polar surface area (TPSA) is 82.8 Å². The molecule has 2 aromatic rings. The second-order valence-corrected chi connectivity index (χ2v) is 5.12. The van der Waals surface area contributed by atoms with Crippen LogP contribution in [-0.2, 0) is 9.53 Å². The number of hydrogen-bond donors (Lipinski definition) is 2. The summed E-state index contributed by atoms with van der Waals surface area (Å²) >= 11 is 0. The van der Waals surface area contributed by atoms with Crippen LogP contribution in [0.5, 0.6) is 17.2 Å². The molecule has 0 aliphatic heterocycles. The molecular formula is C18H23ClN2O4. The largest absolute Gasteiger partial charge is 0.493 e. The van der Waals surface area contributed by atoms with Gasteiger partial charge in [-0.3, -0.25) is 4.79 Å². The smallest absolute Gasteiger partial charge is 0.227 e. The van der Waals surface area contributed by atoms with E-state index in [-0.39, 0.29) is 30.8 Å². The molecule has 2 aromatic carbocycles. The van der Waals surface area contributed by atoms with Crippen LogP contribution in [0.1, 0.15) is 6.42 Å². The average Bonchev–Trinajstić information content (AvgIpc) is 2.61. The van der Waals surface area contributed by atoms with E-state index in [0.717, 1.165) is 0 Å². The lowest BCUT2D eigenvalue weighted by Crippen LogP contribution is -2.28. The van der Waals surface area contributed by atoms with Crippen LogP contribution < -0.4 is 20.5 Å². The summed E-state index contributed by atoms with van der Waals surface area (Å²) in [5, 5.41) is 2.80. The maximum absolute atomic E-state index is 11.9. The van der Waals surface area contributed by atoms with Crippen molar-refractivity contribution in [1.82, 2.24) is 0 Å². The molecule has 0 saturated carbocycles. The van der Waals surface area contributed by atoms with Gasteiger partial charge in [-0.25, -0.2) is 0 Å². The molecule has 25 heavy (non-hydrogen) atoms. The number of carbonyl (C=O) groups is 1. The van der Waals surface area contributed by atoms with Crippen molar-refractivity contribution >= 4 is 24.0 Å². The summed E-state index contributed by atoms with van der Waals surface area (Å²) in [4.78, 5) is 11.9. The van der Waals surface area contributed by atoms with E-state index in [0.29, 0.717) is 29.5 Å². The molecule has 136 valence electrons. The third-order valence-electron chi connectivity index (χ3n) is 3.44. The van der Waals surface area contributed by atoms with Crippen LogP contribution in [0.4, 0.5) is 5.69 Å². The van der Waals surface area contributed by atoms with E-state index in [2.05, 4.69) is 5.32 Å². The van der Waals surface area contributed by atoms with Crippen molar-refractivity contribution in [3.05, 3.63) is 48.5 Å². The summed E-state index contributed by atoms with van der Waals surface area (Å²) in [6, 6.07) is 14.5. The number of hydrogen-bond acceptors (Lipinski definition) is 5. The molecule has 0 radical (unpaired) electrons. The van der Waals surface area contributed by atoms with Crippen molar-refractivity contribution < 1.29 is 19.0 Å². The summed E-state index contributed by atoms with van der Waals surface area (Å²) in [5.41, 5.74) is 6.19. The third-order valence-corrected chi connectivity index (χ3v) is 3.44. The molecule has 0 heterocycles. The summed E-state index contributed by atoms with van der Waals surface area (Å²) in [5.74, 6) is 1.78. The average molecular weight is 367 g/mol. The van der Waals surface area contributed by atoms with Crippen molar-refractivity contribution in [2.75, 3.05) is 26.1 Å². The summed E-state index contributed by atoms with van der Waals surface area (Å²) in [6.07, 6.45) is -0.0647. The Labute approximate surface area is 153 Å². The predicted molar refractivity (Wildman–Crippen MR) is 99.9 cm³/mol. The number of carbonyl (C=O) groups excluding carboxylic acids is 1. The number of ether oxygens (including phenoxy) is 3. The Morgan fingerprint density at radius 3 is 2.28 bits per heavy atom. The number of anilines is 1. The van der Waals surface area contributed by atoms with Crippen LogP contribution in [0.15, 0.2) is 48.5 Å². The van der Waals surface area contributed by atoms with E-state index >= 15 is 0 Å². The summed E-state index contributed by atoms with van der Waals surface area (Å²) in [7, 11) is 3.13. The minimum atomic E-state index is -0.279. The Morgan fingerprint density at radius 2 is 1.72 bits per heavy atom. The normalized spacial score (nSPS) is 11.2. The number of halogens is 1. The summed E-state index contributed by atoms with van der Waals surface area (Å²) in [6.45, 7) is 0.301. The highest BCUT2D eigenvalue weighted by atomic mass is 35.5. The molecule has 0 aliphatic carbocycles. The number of benzene rings is 2. The first-order valence-electron chi connectivity index (χ1n) is 7.60. The van der Waals surface area contributed by atoms with Gasteiger partial charge in [-0.2, -0.15) is 0 Å². The van der Waals surface area contributed by atoms with Crippen molar-refractivity contribution in [1.29, 1.82) is 0 Å². The first-order chi connectivity index (χ1) is 11.7. The van der Waals surface area contributed by atoms with Gasteiger partial charge in [-0.15, -0.1) is 12.4 Å². The highest BCUT2D eigenvalue weighted by Crippen LogP contribution is 2.31. The fraction of sp³-hybridized carbons (Fsp3) is 0.278. The molecule has 2 rings (SSSR count). The molecule has 0 spiro atoms. The molecule has 6 nitrogen and oxygen atoms in total. The highest BCUT2D eigenvalue weighted by molar-refractivity contribution is 5.91. The Morgan fingerprint density at radius 1 is 1.08 bits per heavy atom. The zero-order valence-electron chi connectivity index (χ0n) is 14.2. The van der Waals surface area contributed by atoms with Crippen LogP contribution in [0, 0.1) is 0 Å². The summed E-state index contributed by atoms with van der Waals surface area (Å²) < 4.78 is 16.1. The zero-order valence-corrected chi connectivity index (χ0v) is 15.0. The van der Waals surface area contributed by atoms with Crippen molar-refractivity contribution in [2.45, 2.75) is 12.5 Å². The minimum absolute atomic E-state index is 0. The number of amides is 1. The van der Waals surface area contributed by atoms with Gasteiger partial charge in [0.1, 0.15) is 5.75 Å². The quantitative estimate of drug-likeness (QED) is 0.749. The fourth-order valence-corrected chi connectivity index (χ4v) is 2.12. The van der Waals surface area contributed by atoms with Crippen molar-refractivity contribution in [3.63, 3.8) is 0 Å². The molecule has 0 bridgehead atoms. The molecule has 1 atom stereocenters. The number of nitrogens with two attached hydrogens (primary N) is 1. The number of methoxy groups -OCH3 is 2. The van der Waals surface area contributed by atoms with Gasteiger partial charge in [0.05, 0.1) is 19.6 Å². The molecular weight excluding hydrogens is 344 g/mol. The first kappa shape index (κ1) is 20.8. The van der Waals surface area contributed by atoms with Gasteiger partial charge >= 0.3 is 0 Å². The van der Waals surface area contributed by atoms with Crippen LogP contribution in [0.25, 0.3) is 0 Å². The molecule has 0 saturated heterocycles. The Bertz CT molecular complexity index is 660. The van der Waals surface area contributed by atoms with Gasteiger partial charge < -0.3 is 25.3 Å². The van der Waals surface area contributed by atoms with E-state index in [1.165, 1.54) is 7.11 Å². The Kier molecular flexibility index (Phi) is 8.77. The van der Waals surface area contributed by atoms with E-state index in [9.17, 15) is 4.79 Å². The second-order valence-electron chi connectivity index (χ2n) is 5.12. The Hall–Kier alpha value is -2.28. The lowest BCUT2D eigenvalue weighted by atomic mass is 10.2. The molecule has 0 aliphatic rings. The minimum Gasteiger partial charge on any atom is -0.493 e. The van der Waals surface area contributed by atoms with E-state index in [1.54, 1.807) is 31.4 Å². The molecule has 7 heteroatoms. The fourth-order valence-electron chi connectivity index (χ4n) is 2.12. The van der Waals surface area contributed by atoms with E-state index < -0.39 is 0 Å². The van der Waals surface area contributed by atoms with Crippen molar-refractivity contribution in [3.8, 4) is 17.2 Å². The highest BCUT2D eigenvalue weighted by Gasteiger charge is 2.11. The Balaban J connectivity index is 0.00000312. The lowest BCUT2D eigenvalue weighted by Gasteiger charge is -2.13. The van der Waals surface area contributed by atoms with Gasteiger partial charge in [0.2, 0.25) is 5.91 Å².